The summed E-state index contributed by atoms with van der Waals surface area (Å²) >= 11 is 0. The van der Waals surface area contributed by atoms with Gasteiger partial charge in [-0.1, -0.05) is 13.8 Å². The SMILES string of the molecule is CC(=O)N1CCc2nc(C3CCCN(Cc4cnc(C(C)C)nc4)C3)ncc2C1. The van der Waals surface area contributed by atoms with Crippen molar-refractivity contribution < 1.29 is 4.79 Å². The maximum absolute atomic E-state index is 11.6. The standard InChI is InChI=1S/C22H30N6O/c1-15(2)21-23-9-17(10-24-21)12-27-7-4-5-18(13-27)22-25-11-19-14-28(16(3)29)8-6-20(19)26-22/h9-11,15,18H,4-8,12-14H2,1-3H3. The van der Waals surface area contributed by atoms with Crippen molar-refractivity contribution >= 4 is 5.91 Å². The van der Waals surface area contributed by atoms with E-state index in [2.05, 4.69) is 33.7 Å². The second kappa shape index (κ2) is 8.53. The van der Waals surface area contributed by atoms with Crippen LogP contribution in [-0.4, -0.2) is 55.3 Å². The van der Waals surface area contributed by atoms with Crippen LogP contribution in [0.25, 0.3) is 0 Å². The summed E-state index contributed by atoms with van der Waals surface area (Å²) in [6.07, 6.45) is 8.95. The second-order valence-electron chi connectivity index (χ2n) is 8.57. The zero-order valence-corrected chi connectivity index (χ0v) is 17.6. The molecule has 1 atom stereocenters. The van der Waals surface area contributed by atoms with Crippen molar-refractivity contribution in [1.82, 2.24) is 29.7 Å². The minimum atomic E-state index is 0.119. The first-order valence-corrected chi connectivity index (χ1v) is 10.6. The number of carbonyl (C=O) groups excluding carboxylic acids is 1. The summed E-state index contributed by atoms with van der Waals surface area (Å²) in [7, 11) is 0. The Morgan fingerprint density at radius 2 is 1.97 bits per heavy atom. The minimum absolute atomic E-state index is 0.119. The number of rotatable bonds is 4. The fourth-order valence-corrected chi connectivity index (χ4v) is 4.21. The van der Waals surface area contributed by atoms with Crippen LogP contribution in [0.2, 0.25) is 0 Å². The summed E-state index contributed by atoms with van der Waals surface area (Å²) in [6, 6.07) is 0. The van der Waals surface area contributed by atoms with Crippen LogP contribution in [0.3, 0.4) is 0 Å². The first kappa shape index (κ1) is 19.9. The largest absolute Gasteiger partial charge is 0.338 e. The lowest BCUT2D eigenvalue weighted by Crippen LogP contribution is -2.36. The van der Waals surface area contributed by atoms with Gasteiger partial charge in [-0.3, -0.25) is 9.69 Å². The number of hydrogen-bond donors (Lipinski definition) is 0. The number of aromatic nitrogens is 4. The number of nitrogens with zero attached hydrogens (tertiary/aromatic N) is 6. The van der Waals surface area contributed by atoms with E-state index in [9.17, 15) is 4.79 Å². The summed E-state index contributed by atoms with van der Waals surface area (Å²) < 4.78 is 0. The third kappa shape index (κ3) is 4.61. The van der Waals surface area contributed by atoms with Crippen LogP contribution >= 0.6 is 0 Å². The molecule has 4 rings (SSSR count). The van der Waals surface area contributed by atoms with Crippen LogP contribution in [-0.2, 0) is 24.3 Å². The van der Waals surface area contributed by atoms with Crippen molar-refractivity contribution in [3.63, 3.8) is 0 Å². The average molecular weight is 395 g/mol. The van der Waals surface area contributed by atoms with Crippen LogP contribution in [0.4, 0.5) is 0 Å². The zero-order chi connectivity index (χ0) is 20.4. The Morgan fingerprint density at radius 3 is 2.69 bits per heavy atom. The van der Waals surface area contributed by atoms with E-state index in [1.807, 2.05) is 23.5 Å². The minimum Gasteiger partial charge on any atom is -0.338 e. The van der Waals surface area contributed by atoms with E-state index in [4.69, 9.17) is 4.98 Å². The Kier molecular flexibility index (Phi) is 5.85. The number of hydrogen-bond acceptors (Lipinski definition) is 6. The molecule has 4 heterocycles. The molecule has 0 aromatic carbocycles. The lowest BCUT2D eigenvalue weighted by molar-refractivity contribution is -0.129. The molecular formula is C22H30N6O. The van der Waals surface area contributed by atoms with Gasteiger partial charge in [0.2, 0.25) is 5.91 Å². The molecule has 0 radical (unpaired) electrons. The molecule has 1 unspecified atom stereocenters. The molecule has 0 N–H and O–H groups in total. The number of carbonyl (C=O) groups is 1. The Labute approximate surface area is 172 Å². The normalized spacial score (nSPS) is 20.0. The Morgan fingerprint density at radius 1 is 1.17 bits per heavy atom. The highest BCUT2D eigenvalue weighted by molar-refractivity contribution is 5.73. The molecule has 0 bridgehead atoms. The molecule has 1 fully saturated rings. The maximum atomic E-state index is 11.6. The van der Waals surface area contributed by atoms with Crippen molar-refractivity contribution in [1.29, 1.82) is 0 Å². The molecule has 154 valence electrons. The third-order valence-corrected chi connectivity index (χ3v) is 5.92. The zero-order valence-electron chi connectivity index (χ0n) is 17.6. The molecule has 2 aromatic heterocycles. The van der Waals surface area contributed by atoms with E-state index < -0.39 is 0 Å². The maximum Gasteiger partial charge on any atom is 0.219 e. The van der Waals surface area contributed by atoms with Gasteiger partial charge in [-0.05, 0) is 19.4 Å². The van der Waals surface area contributed by atoms with Gasteiger partial charge in [0.25, 0.3) is 0 Å². The lowest BCUT2D eigenvalue weighted by atomic mass is 9.96. The number of piperidine rings is 1. The van der Waals surface area contributed by atoms with Crippen molar-refractivity contribution in [3.8, 4) is 0 Å². The molecule has 0 aliphatic carbocycles. The highest BCUT2D eigenvalue weighted by Gasteiger charge is 2.26. The van der Waals surface area contributed by atoms with E-state index in [-0.39, 0.29) is 5.91 Å². The van der Waals surface area contributed by atoms with Crippen molar-refractivity contribution in [2.24, 2.45) is 0 Å². The van der Waals surface area contributed by atoms with Gasteiger partial charge in [-0.25, -0.2) is 19.9 Å². The molecule has 0 saturated carbocycles. The molecule has 7 nitrogen and oxygen atoms in total. The first-order valence-electron chi connectivity index (χ1n) is 10.6. The molecule has 2 aromatic rings. The Hall–Kier alpha value is -2.41. The number of likely N-dealkylation sites (tertiary alicyclic amines) is 1. The van der Waals surface area contributed by atoms with Crippen LogP contribution in [0.15, 0.2) is 18.6 Å². The second-order valence-corrected chi connectivity index (χ2v) is 8.57. The summed E-state index contributed by atoms with van der Waals surface area (Å²) in [5.41, 5.74) is 3.36. The molecule has 2 aliphatic rings. The predicted molar refractivity (Wildman–Crippen MR) is 110 cm³/mol. The third-order valence-electron chi connectivity index (χ3n) is 5.92. The van der Waals surface area contributed by atoms with Gasteiger partial charge in [0, 0.05) is 81.1 Å². The van der Waals surface area contributed by atoms with Gasteiger partial charge < -0.3 is 4.90 Å². The van der Waals surface area contributed by atoms with E-state index in [0.29, 0.717) is 18.4 Å². The topological polar surface area (TPSA) is 75.1 Å². The highest BCUT2D eigenvalue weighted by Crippen LogP contribution is 2.27. The highest BCUT2D eigenvalue weighted by atomic mass is 16.2. The van der Waals surface area contributed by atoms with E-state index in [1.165, 1.54) is 0 Å². The van der Waals surface area contributed by atoms with Gasteiger partial charge in [0.1, 0.15) is 11.6 Å². The van der Waals surface area contributed by atoms with Crippen molar-refractivity contribution in [2.45, 2.75) is 65.0 Å². The summed E-state index contributed by atoms with van der Waals surface area (Å²) in [5.74, 6) is 2.68. The molecular weight excluding hydrogens is 364 g/mol. The van der Waals surface area contributed by atoms with E-state index >= 15 is 0 Å². The summed E-state index contributed by atoms with van der Waals surface area (Å²) in [6.45, 7) is 10.1. The summed E-state index contributed by atoms with van der Waals surface area (Å²) in [4.78, 5) is 34.5. The smallest absolute Gasteiger partial charge is 0.219 e. The molecule has 1 amide bonds. The fraction of sp³-hybridized carbons (Fsp3) is 0.591. The van der Waals surface area contributed by atoms with Gasteiger partial charge in [-0.15, -0.1) is 0 Å². The molecule has 1 saturated heterocycles. The van der Waals surface area contributed by atoms with E-state index in [0.717, 1.165) is 73.9 Å². The van der Waals surface area contributed by atoms with Gasteiger partial charge in [-0.2, -0.15) is 0 Å². The van der Waals surface area contributed by atoms with Gasteiger partial charge in [0.05, 0.1) is 5.69 Å². The molecule has 7 heteroatoms. The monoisotopic (exact) mass is 394 g/mol. The molecule has 0 spiro atoms. The van der Waals surface area contributed by atoms with Gasteiger partial charge in [0.15, 0.2) is 0 Å². The fourth-order valence-electron chi connectivity index (χ4n) is 4.21. The van der Waals surface area contributed by atoms with Crippen molar-refractivity contribution in [3.05, 3.63) is 47.1 Å². The number of fused-ring (bicyclic) bond motifs is 1. The lowest BCUT2D eigenvalue weighted by Gasteiger charge is -2.33. The summed E-state index contributed by atoms with van der Waals surface area (Å²) in [5, 5.41) is 0. The van der Waals surface area contributed by atoms with Crippen LogP contribution < -0.4 is 0 Å². The van der Waals surface area contributed by atoms with Gasteiger partial charge >= 0.3 is 0 Å². The van der Waals surface area contributed by atoms with Crippen LogP contribution in [0.1, 0.15) is 73.9 Å². The van der Waals surface area contributed by atoms with Crippen LogP contribution in [0, 0.1) is 0 Å². The molecule has 2 aliphatic heterocycles. The van der Waals surface area contributed by atoms with Crippen molar-refractivity contribution in [2.75, 3.05) is 19.6 Å². The van der Waals surface area contributed by atoms with Crippen LogP contribution in [0.5, 0.6) is 0 Å². The Bertz CT molecular complexity index is 866. The predicted octanol–water partition coefficient (Wildman–Crippen LogP) is 2.67. The number of amides is 1. The molecule has 29 heavy (non-hydrogen) atoms. The average Bonchev–Trinajstić information content (AvgIpc) is 2.73. The van der Waals surface area contributed by atoms with E-state index in [1.54, 1.807) is 6.92 Å². The first-order chi connectivity index (χ1) is 14.0. The quantitative estimate of drug-likeness (QED) is 0.794. The Balaban J connectivity index is 1.41.